The van der Waals surface area contributed by atoms with Crippen LogP contribution in [0.25, 0.3) is 10.1 Å². The van der Waals surface area contributed by atoms with Crippen LogP contribution in [0.15, 0.2) is 22.4 Å². The minimum Gasteiger partial charge on any atom is -0.506 e. The second kappa shape index (κ2) is 3.18. The van der Waals surface area contributed by atoms with Crippen LogP contribution in [0.3, 0.4) is 0 Å². The van der Waals surface area contributed by atoms with E-state index in [4.69, 9.17) is 5.11 Å². The van der Waals surface area contributed by atoms with E-state index in [0.29, 0.717) is 15.0 Å². The van der Waals surface area contributed by atoms with E-state index in [2.05, 4.69) is 12.6 Å². The summed E-state index contributed by atoms with van der Waals surface area (Å²) in [5.41, 5.74) is 0.155. The van der Waals surface area contributed by atoms with Gasteiger partial charge in [-0.2, -0.15) is 0 Å². The van der Waals surface area contributed by atoms with Crippen molar-refractivity contribution in [3.63, 3.8) is 0 Å². The molecule has 0 unspecified atom stereocenters. The zero-order valence-corrected chi connectivity index (χ0v) is 8.60. The third kappa shape index (κ3) is 1.25. The molecular formula is C9H6O3S2. The maximum absolute atomic E-state index is 10.8. The first-order valence-electron chi connectivity index (χ1n) is 3.76. The van der Waals surface area contributed by atoms with Gasteiger partial charge in [0.2, 0.25) is 0 Å². The molecule has 0 saturated heterocycles. The van der Waals surface area contributed by atoms with Crippen molar-refractivity contribution in [2.24, 2.45) is 0 Å². The molecule has 1 aromatic heterocycles. The van der Waals surface area contributed by atoms with Crippen LogP contribution in [-0.2, 0) is 0 Å². The molecule has 1 aromatic carbocycles. The Hall–Kier alpha value is -1.20. The summed E-state index contributed by atoms with van der Waals surface area (Å²) in [5, 5.41) is 20.4. The first-order valence-corrected chi connectivity index (χ1v) is 5.09. The van der Waals surface area contributed by atoms with E-state index in [1.165, 1.54) is 17.4 Å². The largest absolute Gasteiger partial charge is 0.506 e. The molecule has 0 atom stereocenters. The first-order chi connectivity index (χ1) is 6.61. The number of carbonyl (C=O) groups is 1. The summed E-state index contributed by atoms with van der Waals surface area (Å²) in [5.74, 6) is -0.845. The standard InChI is InChI=1S/C9H6O3S2/c10-6-3-14-8-4(6)1-2-5(7(8)13)9(11)12/h1-3,10,13H,(H,11,12). The molecular weight excluding hydrogens is 220 g/mol. The monoisotopic (exact) mass is 226 g/mol. The van der Waals surface area contributed by atoms with Crippen molar-refractivity contribution >= 4 is 40.0 Å². The van der Waals surface area contributed by atoms with Gasteiger partial charge in [-0.15, -0.1) is 24.0 Å². The molecule has 0 bridgehead atoms. The van der Waals surface area contributed by atoms with Crippen LogP contribution in [0.2, 0.25) is 0 Å². The Balaban J connectivity index is 2.82. The van der Waals surface area contributed by atoms with E-state index in [9.17, 15) is 9.90 Å². The number of aromatic carboxylic acids is 1. The lowest BCUT2D eigenvalue weighted by Gasteiger charge is -2.00. The van der Waals surface area contributed by atoms with Gasteiger partial charge in [-0.3, -0.25) is 0 Å². The number of hydrogen-bond acceptors (Lipinski definition) is 4. The summed E-state index contributed by atoms with van der Waals surface area (Å²) >= 11 is 5.42. The van der Waals surface area contributed by atoms with Crippen molar-refractivity contribution in [3.05, 3.63) is 23.1 Å². The molecule has 1 heterocycles. The Morgan fingerprint density at radius 2 is 2.14 bits per heavy atom. The van der Waals surface area contributed by atoms with Crippen LogP contribution < -0.4 is 0 Å². The Kier molecular flexibility index (Phi) is 2.13. The van der Waals surface area contributed by atoms with Gasteiger partial charge < -0.3 is 10.2 Å². The summed E-state index contributed by atoms with van der Waals surface area (Å²) in [6, 6.07) is 3.03. The molecule has 0 radical (unpaired) electrons. The van der Waals surface area contributed by atoms with E-state index in [0.717, 1.165) is 0 Å². The molecule has 2 aromatic rings. The fraction of sp³-hybridized carbons (Fsp3) is 0. The molecule has 2 rings (SSSR count). The minimum atomic E-state index is -1.01. The summed E-state index contributed by atoms with van der Waals surface area (Å²) in [6.45, 7) is 0. The fourth-order valence-corrected chi connectivity index (χ4v) is 2.57. The molecule has 5 heteroatoms. The normalized spacial score (nSPS) is 10.6. The number of carboxylic acid groups (broad SMARTS) is 1. The van der Waals surface area contributed by atoms with Gasteiger partial charge in [-0.1, -0.05) is 0 Å². The van der Waals surface area contributed by atoms with Crippen LogP contribution in [0.1, 0.15) is 10.4 Å². The Bertz CT molecular complexity index is 516. The number of benzene rings is 1. The average Bonchev–Trinajstić information content (AvgIpc) is 2.49. The van der Waals surface area contributed by atoms with Gasteiger partial charge in [0, 0.05) is 15.7 Å². The highest BCUT2D eigenvalue weighted by Gasteiger charge is 2.13. The molecule has 0 aliphatic rings. The van der Waals surface area contributed by atoms with Gasteiger partial charge in [0.15, 0.2) is 0 Å². The molecule has 14 heavy (non-hydrogen) atoms. The number of rotatable bonds is 1. The fourth-order valence-electron chi connectivity index (χ4n) is 1.24. The topological polar surface area (TPSA) is 57.5 Å². The molecule has 0 aliphatic heterocycles. The summed E-state index contributed by atoms with van der Waals surface area (Å²) in [6.07, 6.45) is 0. The van der Waals surface area contributed by atoms with E-state index in [-0.39, 0.29) is 11.3 Å². The maximum atomic E-state index is 10.8. The number of fused-ring (bicyclic) bond motifs is 1. The SMILES string of the molecule is O=C(O)c1ccc2c(O)csc2c1S. The molecule has 0 aliphatic carbocycles. The van der Waals surface area contributed by atoms with Crippen LogP contribution in [0, 0.1) is 0 Å². The van der Waals surface area contributed by atoms with Gasteiger partial charge >= 0.3 is 5.97 Å². The molecule has 2 N–H and O–H groups in total. The molecule has 0 saturated carbocycles. The van der Waals surface area contributed by atoms with E-state index in [1.807, 2.05) is 0 Å². The predicted octanol–water partition coefficient (Wildman–Crippen LogP) is 2.59. The molecule has 3 nitrogen and oxygen atoms in total. The molecule has 0 spiro atoms. The zero-order valence-electron chi connectivity index (χ0n) is 6.89. The van der Waals surface area contributed by atoms with Crippen molar-refractivity contribution in [2.45, 2.75) is 4.90 Å². The number of hydrogen-bond donors (Lipinski definition) is 3. The van der Waals surface area contributed by atoms with Crippen LogP contribution in [0.4, 0.5) is 0 Å². The van der Waals surface area contributed by atoms with Crippen LogP contribution in [-0.4, -0.2) is 16.2 Å². The van der Waals surface area contributed by atoms with Gasteiger partial charge in [0.25, 0.3) is 0 Å². The predicted molar refractivity (Wildman–Crippen MR) is 57.7 cm³/mol. The lowest BCUT2D eigenvalue weighted by Crippen LogP contribution is -1.96. The Morgan fingerprint density at radius 3 is 2.79 bits per heavy atom. The zero-order chi connectivity index (χ0) is 10.3. The van der Waals surface area contributed by atoms with Crippen molar-refractivity contribution in [2.75, 3.05) is 0 Å². The number of carboxylic acids is 1. The highest BCUT2D eigenvalue weighted by Crippen LogP contribution is 2.36. The summed E-state index contributed by atoms with van der Waals surface area (Å²) in [4.78, 5) is 11.2. The Labute approximate surface area is 89.0 Å². The van der Waals surface area contributed by atoms with Gasteiger partial charge in [0.1, 0.15) is 5.75 Å². The average molecular weight is 226 g/mol. The van der Waals surface area contributed by atoms with Gasteiger partial charge in [0.05, 0.1) is 10.3 Å². The number of aromatic hydroxyl groups is 1. The summed E-state index contributed by atoms with van der Waals surface area (Å²) < 4.78 is 0.700. The molecule has 0 amide bonds. The molecule has 72 valence electrons. The van der Waals surface area contributed by atoms with Crippen molar-refractivity contribution in [1.82, 2.24) is 0 Å². The van der Waals surface area contributed by atoms with E-state index < -0.39 is 5.97 Å². The third-order valence-electron chi connectivity index (χ3n) is 1.93. The Morgan fingerprint density at radius 1 is 1.43 bits per heavy atom. The second-order valence-electron chi connectivity index (χ2n) is 2.76. The second-order valence-corrected chi connectivity index (χ2v) is 4.09. The highest BCUT2D eigenvalue weighted by atomic mass is 32.1. The smallest absolute Gasteiger partial charge is 0.336 e. The number of thiophene rings is 1. The minimum absolute atomic E-state index is 0.155. The van der Waals surface area contributed by atoms with E-state index in [1.54, 1.807) is 11.4 Å². The number of thiol groups is 1. The van der Waals surface area contributed by atoms with Crippen molar-refractivity contribution in [1.29, 1.82) is 0 Å². The maximum Gasteiger partial charge on any atom is 0.336 e. The third-order valence-corrected chi connectivity index (χ3v) is 3.54. The van der Waals surface area contributed by atoms with Gasteiger partial charge in [-0.25, -0.2) is 4.79 Å². The van der Waals surface area contributed by atoms with Crippen LogP contribution in [0.5, 0.6) is 5.75 Å². The first kappa shape index (κ1) is 9.36. The lowest BCUT2D eigenvalue weighted by atomic mass is 10.2. The summed E-state index contributed by atoms with van der Waals surface area (Å²) in [7, 11) is 0. The van der Waals surface area contributed by atoms with Gasteiger partial charge in [-0.05, 0) is 12.1 Å². The van der Waals surface area contributed by atoms with Crippen LogP contribution >= 0.6 is 24.0 Å². The molecule has 0 fully saturated rings. The lowest BCUT2D eigenvalue weighted by molar-refractivity contribution is 0.0693. The highest BCUT2D eigenvalue weighted by molar-refractivity contribution is 7.80. The van der Waals surface area contributed by atoms with Crippen molar-refractivity contribution < 1.29 is 15.0 Å². The van der Waals surface area contributed by atoms with Crippen molar-refractivity contribution in [3.8, 4) is 5.75 Å². The quantitative estimate of drug-likeness (QED) is 0.655. The van der Waals surface area contributed by atoms with E-state index >= 15 is 0 Å².